The lowest BCUT2D eigenvalue weighted by atomic mass is 10.2. The van der Waals surface area contributed by atoms with Crippen LogP contribution in [0.3, 0.4) is 0 Å². The van der Waals surface area contributed by atoms with Crippen LogP contribution in [-0.4, -0.2) is 45.0 Å². The Morgan fingerprint density at radius 3 is 2.89 bits per heavy atom. The van der Waals surface area contributed by atoms with Crippen LogP contribution in [0.4, 0.5) is 0 Å². The van der Waals surface area contributed by atoms with E-state index in [1.165, 1.54) is 18.2 Å². The smallest absolute Gasteiger partial charge is 0.283 e. The van der Waals surface area contributed by atoms with E-state index in [2.05, 4.69) is 25.6 Å². The first-order valence-electron chi connectivity index (χ1n) is 9.23. The lowest BCUT2D eigenvalue weighted by Gasteiger charge is -2.25. The van der Waals surface area contributed by atoms with Crippen molar-refractivity contribution in [3.8, 4) is 11.5 Å². The van der Waals surface area contributed by atoms with Gasteiger partial charge in [-0.15, -0.1) is 10.2 Å². The number of nitrogens with zero attached hydrogens (tertiary/aromatic N) is 3. The molecule has 0 radical (unpaired) electrons. The van der Waals surface area contributed by atoms with Crippen molar-refractivity contribution in [1.82, 2.24) is 25.6 Å². The number of ether oxygens (including phenoxy) is 2. The van der Waals surface area contributed by atoms with Gasteiger partial charge in [-0.05, 0) is 25.0 Å². The van der Waals surface area contributed by atoms with Gasteiger partial charge in [-0.2, -0.15) is 0 Å². The quantitative estimate of drug-likeness (QED) is 0.581. The van der Waals surface area contributed by atoms with E-state index in [0.717, 1.165) is 36.8 Å². The number of nitrogens with one attached hydrogen (secondary N) is 2. The fourth-order valence-electron chi connectivity index (χ4n) is 3.09. The van der Waals surface area contributed by atoms with Gasteiger partial charge in [0.2, 0.25) is 12.0 Å². The lowest BCUT2D eigenvalue weighted by molar-refractivity contribution is -0.134. The minimum atomic E-state index is -0.824. The van der Waals surface area contributed by atoms with Gasteiger partial charge in [0.25, 0.3) is 5.91 Å². The Labute approximate surface area is 166 Å². The van der Waals surface area contributed by atoms with Gasteiger partial charge in [-0.1, -0.05) is 30.3 Å². The van der Waals surface area contributed by atoms with E-state index in [9.17, 15) is 9.59 Å². The number of para-hydroxylation sites is 2. The molecule has 0 aliphatic carbocycles. The first-order chi connectivity index (χ1) is 13.7. The predicted octanol–water partition coefficient (Wildman–Crippen LogP) is 1.08. The molecule has 2 aliphatic rings. The van der Waals surface area contributed by atoms with E-state index in [1.54, 1.807) is 18.2 Å². The fourth-order valence-corrected chi connectivity index (χ4v) is 3.88. The number of thioether (sulfide) groups is 1. The number of aromatic nitrogens is 3. The Morgan fingerprint density at radius 2 is 2.00 bits per heavy atom. The van der Waals surface area contributed by atoms with Crippen LogP contribution in [0.5, 0.6) is 11.5 Å². The van der Waals surface area contributed by atoms with E-state index in [4.69, 9.17) is 9.47 Å². The third-order valence-corrected chi connectivity index (χ3v) is 5.50. The molecular weight excluding hydrogens is 382 g/mol. The van der Waals surface area contributed by atoms with Gasteiger partial charge >= 0.3 is 0 Å². The zero-order valence-corrected chi connectivity index (χ0v) is 16.0. The molecule has 10 heteroatoms. The van der Waals surface area contributed by atoms with E-state index in [0.29, 0.717) is 11.5 Å². The molecule has 2 N–H and O–H groups in total. The molecule has 9 nitrogen and oxygen atoms in total. The van der Waals surface area contributed by atoms with Gasteiger partial charge in [-0.3, -0.25) is 20.4 Å². The number of amides is 2. The summed E-state index contributed by atoms with van der Waals surface area (Å²) in [6.45, 7) is 0.961. The SMILES string of the molecule is O=C(CSc1nnc2n1CCCCC2)NNC(=O)[C@H]1COc2ccccc2O1. The molecule has 2 amide bonds. The van der Waals surface area contributed by atoms with Crippen molar-refractivity contribution < 1.29 is 19.1 Å². The van der Waals surface area contributed by atoms with Crippen LogP contribution in [0, 0.1) is 0 Å². The molecular formula is C18H21N5O4S. The number of carbonyl (C=O) groups excluding carboxylic acids is 2. The van der Waals surface area contributed by atoms with Crippen LogP contribution < -0.4 is 20.3 Å². The molecule has 0 spiro atoms. The van der Waals surface area contributed by atoms with Crippen LogP contribution >= 0.6 is 11.8 Å². The van der Waals surface area contributed by atoms with Gasteiger partial charge in [0.05, 0.1) is 5.75 Å². The van der Waals surface area contributed by atoms with Crippen molar-refractivity contribution in [2.24, 2.45) is 0 Å². The standard InChI is InChI=1S/C18H21N5O4S/c24-16(11-28-18-22-19-15-8-2-1-5-9-23(15)18)20-21-17(25)14-10-26-12-6-3-4-7-13(12)27-14/h3-4,6-7,14H,1-2,5,8-11H2,(H,20,24)(H,21,25)/t14-/m1/s1. The van der Waals surface area contributed by atoms with Crippen LogP contribution in [0.25, 0.3) is 0 Å². The Hall–Kier alpha value is -2.75. The maximum Gasteiger partial charge on any atom is 0.283 e. The maximum absolute atomic E-state index is 12.2. The monoisotopic (exact) mass is 403 g/mol. The number of rotatable bonds is 4. The molecule has 148 valence electrons. The lowest BCUT2D eigenvalue weighted by Crippen LogP contribution is -2.51. The van der Waals surface area contributed by atoms with Gasteiger partial charge in [0.1, 0.15) is 12.4 Å². The summed E-state index contributed by atoms with van der Waals surface area (Å²) in [4.78, 5) is 24.3. The Kier molecular flexibility index (Phi) is 5.65. The molecule has 28 heavy (non-hydrogen) atoms. The van der Waals surface area contributed by atoms with Crippen molar-refractivity contribution in [1.29, 1.82) is 0 Å². The number of benzene rings is 1. The number of aryl methyl sites for hydroxylation is 1. The molecule has 1 aromatic carbocycles. The topological polar surface area (TPSA) is 107 Å². The summed E-state index contributed by atoms with van der Waals surface area (Å²) < 4.78 is 13.2. The van der Waals surface area contributed by atoms with E-state index in [1.807, 2.05) is 6.07 Å². The van der Waals surface area contributed by atoms with Gasteiger partial charge in [0, 0.05) is 13.0 Å². The summed E-state index contributed by atoms with van der Waals surface area (Å²) >= 11 is 1.31. The largest absolute Gasteiger partial charge is 0.485 e. The van der Waals surface area contributed by atoms with Crippen molar-refractivity contribution in [3.05, 3.63) is 30.1 Å². The van der Waals surface area contributed by atoms with Crippen LogP contribution in [0.15, 0.2) is 29.4 Å². The second kappa shape index (κ2) is 8.51. The van der Waals surface area contributed by atoms with E-state index < -0.39 is 12.0 Å². The molecule has 4 rings (SSSR count). The highest BCUT2D eigenvalue weighted by molar-refractivity contribution is 7.99. The third kappa shape index (κ3) is 4.22. The number of hydrazine groups is 1. The van der Waals surface area contributed by atoms with E-state index in [-0.39, 0.29) is 18.3 Å². The second-order valence-corrected chi connectivity index (χ2v) is 7.49. The molecule has 0 saturated heterocycles. The summed E-state index contributed by atoms with van der Waals surface area (Å²) in [5, 5.41) is 9.12. The summed E-state index contributed by atoms with van der Waals surface area (Å²) in [6.07, 6.45) is 3.48. The minimum absolute atomic E-state index is 0.0827. The van der Waals surface area contributed by atoms with Crippen molar-refractivity contribution in [3.63, 3.8) is 0 Å². The molecule has 3 heterocycles. The zero-order valence-electron chi connectivity index (χ0n) is 15.2. The molecule has 2 aliphatic heterocycles. The molecule has 0 saturated carbocycles. The molecule has 1 aromatic heterocycles. The molecule has 1 atom stereocenters. The van der Waals surface area contributed by atoms with E-state index >= 15 is 0 Å². The van der Waals surface area contributed by atoms with Crippen molar-refractivity contribution >= 4 is 23.6 Å². The Bertz CT molecular complexity index is 871. The average molecular weight is 403 g/mol. The number of fused-ring (bicyclic) bond motifs is 2. The van der Waals surface area contributed by atoms with Crippen LogP contribution in [0.1, 0.15) is 25.1 Å². The van der Waals surface area contributed by atoms with Gasteiger partial charge in [0.15, 0.2) is 16.7 Å². The second-order valence-electron chi connectivity index (χ2n) is 6.55. The van der Waals surface area contributed by atoms with Gasteiger partial charge in [-0.25, -0.2) is 0 Å². The molecule has 0 bridgehead atoms. The third-order valence-electron chi connectivity index (χ3n) is 4.53. The Balaban J connectivity index is 1.24. The maximum atomic E-state index is 12.2. The van der Waals surface area contributed by atoms with Crippen molar-refractivity contribution in [2.45, 2.75) is 43.5 Å². The summed E-state index contributed by atoms with van der Waals surface area (Å²) in [7, 11) is 0. The number of hydrogen-bond donors (Lipinski definition) is 2. The summed E-state index contributed by atoms with van der Waals surface area (Å²) in [5.41, 5.74) is 4.79. The van der Waals surface area contributed by atoms with Gasteiger partial charge < -0.3 is 14.0 Å². The van der Waals surface area contributed by atoms with Crippen LogP contribution in [0.2, 0.25) is 0 Å². The molecule has 0 fully saturated rings. The number of carbonyl (C=O) groups is 2. The predicted molar refractivity (Wildman–Crippen MR) is 101 cm³/mol. The first-order valence-corrected chi connectivity index (χ1v) is 10.2. The Morgan fingerprint density at radius 1 is 1.14 bits per heavy atom. The van der Waals surface area contributed by atoms with Crippen LogP contribution in [-0.2, 0) is 22.6 Å². The molecule has 0 unspecified atom stereocenters. The van der Waals surface area contributed by atoms with Crippen molar-refractivity contribution in [2.75, 3.05) is 12.4 Å². The highest BCUT2D eigenvalue weighted by Crippen LogP contribution is 2.30. The normalized spacial score (nSPS) is 17.9. The fraction of sp³-hybridized carbons (Fsp3) is 0.444. The minimum Gasteiger partial charge on any atom is -0.485 e. The average Bonchev–Trinajstić information content (AvgIpc) is 2.96. The summed E-state index contributed by atoms with van der Waals surface area (Å²) in [5.74, 6) is 1.40. The first kappa shape index (κ1) is 18.6. The molecule has 2 aromatic rings. The highest BCUT2D eigenvalue weighted by Gasteiger charge is 2.27. The highest BCUT2D eigenvalue weighted by atomic mass is 32.2. The zero-order chi connectivity index (χ0) is 19.3. The summed E-state index contributed by atoms with van der Waals surface area (Å²) in [6, 6.07) is 7.13. The number of hydrogen-bond acceptors (Lipinski definition) is 7.